The van der Waals surface area contributed by atoms with Crippen molar-refractivity contribution in [3.05, 3.63) is 16.3 Å². The number of aryl methyl sites for hydroxylation is 1. The minimum absolute atomic E-state index is 0.223. The molecule has 10 heavy (non-hydrogen) atoms. The lowest BCUT2D eigenvalue weighted by atomic mass is 10.5. The summed E-state index contributed by atoms with van der Waals surface area (Å²) in [4.78, 5) is 10.8. The Morgan fingerprint density at radius 3 is 2.90 bits per heavy atom. The molecule has 0 aliphatic carbocycles. The molecule has 1 heterocycles. The summed E-state index contributed by atoms with van der Waals surface area (Å²) in [6.45, 7) is 1.93. The van der Waals surface area contributed by atoms with Gasteiger partial charge in [-0.1, -0.05) is 6.92 Å². The zero-order chi connectivity index (χ0) is 7.56. The van der Waals surface area contributed by atoms with Crippen molar-refractivity contribution in [1.82, 2.24) is 14.9 Å². The molecule has 56 valence electrons. The van der Waals surface area contributed by atoms with E-state index in [0.717, 1.165) is 6.42 Å². The predicted molar refractivity (Wildman–Crippen MR) is 37.5 cm³/mol. The van der Waals surface area contributed by atoms with Crippen LogP contribution in [0.25, 0.3) is 0 Å². The minimum atomic E-state index is -0.223. The van der Waals surface area contributed by atoms with Crippen molar-refractivity contribution in [3.8, 4) is 0 Å². The van der Waals surface area contributed by atoms with Crippen molar-refractivity contribution >= 4 is 0 Å². The average Bonchev–Trinajstić information content (AvgIpc) is 2.30. The van der Waals surface area contributed by atoms with Crippen LogP contribution in [-0.4, -0.2) is 21.9 Å². The van der Waals surface area contributed by atoms with Crippen LogP contribution in [0.4, 0.5) is 0 Å². The maximum atomic E-state index is 10.8. The molecule has 2 N–H and O–H groups in total. The van der Waals surface area contributed by atoms with Gasteiger partial charge in [-0.3, -0.25) is 0 Å². The highest BCUT2D eigenvalue weighted by Gasteiger charge is 2.01. The molecule has 0 bridgehead atoms. The Morgan fingerprint density at radius 1 is 1.80 bits per heavy atom. The summed E-state index contributed by atoms with van der Waals surface area (Å²) < 4.78 is 1.38. The van der Waals surface area contributed by atoms with E-state index >= 15 is 0 Å². The monoisotopic (exact) mass is 142 g/mol. The first-order chi connectivity index (χ1) is 4.79. The summed E-state index contributed by atoms with van der Waals surface area (Å²) in [5, 5.41) is 6.10. The highest BCUT2D eigenvalue weighted by atomic mass is 16.2. The third-order valence-corrected chi connectivity index (χ3v) is 1.28. The summed E-state index contributed by atoms with van der Waals surface area (Å²) >= 11 is 0. The van der Waals surface area contributed by atoms with Gasteiger partial charge >= 0.3 is 5.69 Å². The van der Waals surface area contributed by atoms with Gasteiger partial charge in [-0.25, -0.2) is 9.89 Å². The lowest BCUT2D eigenvalue weighted by Gasteiger charge is -1.98. The van der Waals surface area contributed by atoms with Crippen molar-refractivity contribution in [2.75, 3.05) is 12.5 Å². The van der Waals surface area contributed by atoms with Crippen LogP contribution in [-0.2, 0) is 6.42 Å². The van der Waals surface area contributed by atoms with Gasteiger partial charge in [0.15, 0.2) is 5.82 Å². The normalized spacial score (nSPS) is 9.80. The maximum absolute atomic E-state index is 10.8. The number of hydrogen-bond donors (Lipinski definition) is 2. The molecule has 0 aliphatic heterocycles. The summed E-state index contributed by atoms with van der Waals surface area (Å²) in [5.41, 5.74) is 2.48. The van der Waals surface area contributed by atoms with E-state index in [-0.39, 0.29) is 5.69 Å². The Balaban J connectivity index is 3.13. The zero-order valence-electron chi connectivity index (χ0n) is 6.01. The van der Waals surface area contributed by atoms with Crippen LogP contribution >= 0.6 is 0 Å². The number of rotatable bonds is 2. The minimum Gasteiger partial charge on any atom is -0.323 e. The molecule has 0 unspecified atom stereocenters. The van der Waals surface area contributed by atoms with Crippen LogP contribution in [0.3, 0.4) is 0 Å². The topological polar surface area (TPSA) is 62.7 Å². The average molecular weight is 142 g/mol. The second-order valence-electron chi connectivity index (χ2n) is 1.86. The lowest BCUT2D eigenvalue weighted by Crippen LogP contribution is -2.25. The summed E-state index contributed by atoms with van der Waals surface area (Å²) in [6.07, 6.45) is 0.736. The molecule has 0 aromatic carbocycles. The fourth-order valence-electron chi connectivity index (χ4n) is 0.797. The Kier molecular flexibility index (Phi) is 1.75. The van der Waals surface area contributed by atoms with Crippen molar-refractivity contribution in [3.63, 3.8) is 0 Å². The second kappa shape index (κ2) is 2.55. The molecule has 1 aromatic rings. The Hall–Kier alpha value is -1.26. The van der Waals surface area contributed by atoms with Crippen molar-refractivity contribution < 1.29 is 0 Å². The van der Waals surface area contributed by atoms with Gasteiger partial charge in [0.1, 0.15) is 0 Å². The van der Waals surface area contributed by atoms with E-state index in [1.807, 2.05) is 6.92 Å². The highest BCUT2D eigenvalue weighted by Crippen LogP contribution is 1.85. The summed E-state index contributed by atoms with van der Waals surface area (Å²) in [7, 11) is 1.68. The van der Waals surface area contributed by atoms with Crippen LogP contribution in [0, 0.1) is 0 Å². The first-order valence-corrected chi connectivity index (χ1v) is 3.13. The Morgan fingerprint density at radius 2 is 2.50 bits per heavy atom. The number of nitrogens with one attached hydrogen (secondary N) is 2. The molecule has 0 spiro atoms. The van der Waals surface area contributed by atoms with Gasteiger partial charge in [-0.2, -0.15) is 9.77 Å². The second-order valence-corrected chi connectivity index (χ2v) is 1.86. The standard InChI is InChI=1S/C5H10N4O/c1-3-4-7-8-5(10)9(4)6-2/h6H,3H2,1-2H3,(H,8,10). The molecule has 1 aromatic heterocycles. The number of H-pyrrole nitrogens is 1. The lowest BCUT2D eigenvalue weighted by molar-refractivity contribution is 0.797. The molecule has 5 nitrogen and oxygen atoms in total. The van der Waals surface area contributed by atoms with E-state index in [4.69, 9.17) is 0 Å². The third kappa shape index (κ3) is 0.896. The van der Waals surface area contributed by atoms with Gasteiger partial charge in [-0.05, 0) is 0 Å². The van der Waals surface area contributed by atoms with Crippen LogP contribution in [0.15, 0.2) is 4.79 Å². The van der Waals surface area contributed by atoms with Crippen molar-refractivity contribution in [2.24, 2.45) is 0 Å². The van der Waals surface area contributed by atoms with E-state index in [0.29, 0.717) is 5.82 Å². The Bertz CT molecular complexity index is 261. The number of aromatic amines is 1. The fourth-order valence-corrected chi connectivity index (χ4v) is 0.797. The smallest absolute Gasteiger partial charge is 0.323 e. The van der Waals surface area contributed by atoms with Gasteiger partial charge in [0, 0.05) is 13.5 Å². The van der Waals surface area contributed by atoms with Crippen molar-refractivity contribution in [2.45, 2.75) is 13.3 Å². The summed E-state index contributed by atoms with van der Waals surface area (Å²) in [5.74, 6) is 0.715. The van der Waals surface area contributed by atoms with E-state index in [1.165, 1.54) is 4.68 Å². The molecule has 0 atom stereocenters. The first kappa shape index (κ1) is 6.85. The number of hydrogen-bond acceptors (Lipinski definition) is 3. The van der Waals surface area contributed by atoms with Crippen LogP contribution in [0.1, 0.15) is 12.7 Å². The molecular formula is C5H10N4O. The van der Waals surface area contributed by atoms with Crippen LogP contribution < -0.4 is 11.1 Å². The molecule has 0 saturated heterocycles. The first-order valence-electron chi connectivity index (χ1n) is 3.13. The van der Waals surface area contributed by atoms with E-state index in [2.05, 4.69) is 15.6 Å². The fraction of sp³-hybridized carbons (Fsp3) is 0.600. The summed E-state index contributed by atoms with van der Waals surface area (Å²) in [6, 6.07) is 0. The van der Waals surface area contributed by atoms with E-state index < -0.39 is 0 Å². The van der Waals surface area contributed by atoms with Gasteiger partial charge in [0.2, 0.25) is 0 Å². The van der Waals surface area contributed by atoms with Crippen LogP contribution in [0.5, 0.6) is 0 Å². The highest BCUT2D eigenvalue weighted by molar-refractivity contribution is 4.87. The van der Waals surface area contributed by atoms with E-state index in [9.17, 15) is 4.79 Å². The predicted octanol–water partition coefficient (Wildman–Crippen LogP) is -0.693. The van der Waals surface area contributed by atoms with Gasteiger partial charge in [-0.15, -0.1) is 0 Å². The molecular weight excluding hydrogens is 132 g/mol. The quantitative estimate of drug-likeness (QED) is 0.574. The molecule has 1 rings (SSSR count). The van der Waals surface area contributed by atoms with Gasteiger partial charge in [0.05, 0.1) is 0 Å². The van der Waals surface area contributed by atoms with Gasteiger partial charge in [0.25, 0.3) is 0 Å². The van der Waals surface area contributed by atoms with Crippen LogP contribution in [0.2, 0.25) is 0 Å². The Labute approximate surface area is 58.0 Å². The third-order valence-electron chi connectivity index (χ3n) is 1.28. The molecule has 0 amide bonds. The van der Waals surface area contributed by atoms with E-state index in [1.54, 1.807) is 7.05 Å². The maximum Gasteiger partial charge on any atom is 0.362 e. The number of aromatic nitrogens is 3. The molecule has 0 radical (unpaired) electrons. The molecule has 0 saturated carbocycles. The number of nitrogens with zero attached hydrogens (tertiary/aromatic N) is 2. The molecule has 0 fully saturated rings. The molecule has 5 heteroatoms. The zero-order valence-corrected chi connectivity index (χ0v) is 6.01. The SMILES string of the molecule is CCc1n[nH]c(=O)n1NC. The largest absolute Gasteiger partial charge is 0.362 e. The van der Waals surface area contributed by atoms with Crippen molar-refractivity contribution in [1.29, 1.82) is 0 Å². The van der Waals surface area contributed by atoms with Gasteiger partial charge < -0.3 is 5.43 Å². The molecule has 0 aliphatic rings.